The average molecular weight is 263 g/mol. The highest BCUT2D eigenvalue weighted by Crippen LogP contribution is 2.13. The second-order valence-electron chi connectivity index (χ2n) is 4.45. The van der Waals surface area contributed by atoms with E-state index in [1.165, 1.54) is 0 Å². The van der Waals surface area contributed by atoms with E-state index in [1.54, 1.807) is 6.07 Å². The Labute approximate surface area is 116 Å². The standard InChI is InChI=1S/C17H13NO2/c19-17(20-12-13-6-2-1-3-7-13)16-11-10-14-8-4-5-9-15(14)18-16/h1-11H,12H2. The molecule has 3 aromatic rings. The van der Waals surface area contributed by atoms with Crippen LogP contribution in [-0.4, -0.2) is 11.0 Å². The summed E-state index contributed by atoms with van der Waals surface area (Å²) in [5, 5.41) is 1.01. The zero-order chi connectivity index (χ0) is 13.8. The van der Waals surface area contributed by atoms with Crippen molar-refractivity contribution in [1.29, 1.82) is 0 Å². The summed E-state index contributed by atoms with van der Waals surface area (Å²) in [5.74, 6) is -0.403. The summed E-state index contributed by atoms with van der Waals surface area (Å²) in [4.78, 5) is 16.3. The molecule has 0 saturated carbocycles. The van der Waals surface area contributed by atoms with Crippen LogP contribution in [0.2, 0.25) is 0 Å². The maximum absolute atomic E-state index is 12.0. The van der Waals surface area contributed by atoms with Crippen molar-refractivity contribution in [3.05, 3.63) is 78.0 Å². The van der Waals surface area contributed by atoms with Crippen molar-refractivity contribution in [2.75, 3.05) is 0 Å². The quantitative estimate of drug-likeness (QED) is 0.678. The van der Waals surface area contributed by atoms with Gasteiger partial charge in [0.2, 0.25) is 0 Å². The third kappa shape index (κ3) is 2.67. The van der Waals surface area contributed by atoms with Crippen LogP contribution in [0.3, 0.4) is 0 Å². The van der Waals surface area contributed by atoms with Gasteiger partial charge >= 0.3 is 5.97 Å². The summed E-state index contributed by atoms with van der Waals surface area (Å²) in [7, 11) is 0. The van der Waals surface area contributed by atoms with Gasteiger partial charge in [0.25, 0.3) is 0 Å². The molecule has 0 aliphatic carbocycles. The lowest BCUT2D eigenvalue weighted by Gasteiger charge is -2.05. The van der Waals surface area contributed by atoms with Gasteiger partial charge in [0.05, 0.1) is 5.52 Å². The molecule has 0 fully saturated rings. The van der Waals surface area contributed by atoms with Crippen LogP contribution in [0.4, 0.5) is 0 Å². The first-order valence-corrected chi connectivity index (χ1v) is 6.40. The molecule has 2 aromatic carbocycles. The minimum Gasteiger partial charge on any atom is -0.456 e. The molecular formula is C17H13NO2. The zero-order valence-electron chi connectivity index (χ0n) is 10.8. The normalized spacial score (nSPS) is 10.4. The predicted octanol–water partition coefficient (Wildman–Crippen LogP) is 3.59. The summed E-state index contributed by atoms with van der Waals surface area (Å²) >= 11 is 0. The molecule has 0 N–H and O–H groups in total. The first-order valence-electron chi connectivity index (χ1n) is 6.40. The summed E-state index contributed by atoms with van der Waals surface area (Å²) in [5.41, 5.74) is 2.09. The molecular weight excluding hydrogens is 250 g/mol. The molecule has 3 nitrogen and oxygen atoms in total. The lowest BCUT2D eigenvalue weighted by molar-refractivity contribution is 0.0466. The van der Waals surface area contributed by atoms with Crippen LogP contribution in [0, 0.1) is 0 Å². The molecule has 1 heterocycles. The van der Waals surface area contributed by atoms with Crippen LogP contribution in [0.1, 0.15) is 16.1 Å². The van der Waals surface area contributed by atoms with E-state index in [2.05, 4.69) is 4.98 Å². The number of nitrogens with zero attached hydrogens (tertiary/aromatic N) is 1. The maximum Gasteiger partial charge on any atom is 0.357 e. The fraction of sp³-hybridized carbons (Fsp3) is 0.0588. The highest BCUT2D eigenvalue weighted by molar-refractivity contribution is 5.90. The Balaban J connectivity index is 1.75. The lowest BCUT2D eigenvalue weighted by atomic mass is 10.2. The Bertz CT molecular complexity index is 738. The number of carbonyl (C=O) groups excluding carboxylic acids is 1. The first-order chi connectivity index (χ1) is 9.83. The molecule has 0 amide bonds. The van der Waals surface area contributed by atoms with Crippen LogP contribution in [0.5, 0.6) is 0 Å². The third-order valence-corrected chi connectivity index (χ3v) is 3.02. The van der Waals surface area contributed by atoms with E-state index >= 15 is 0 Å². The number of para-hydroxylation sites is 1. The van der Waals surface area contributed by atoms with E-state index in [1.807, 2.05) is 60.7 Å². The molecule has 0 atom stereocenters. The Morgan fingerprint density at radius 1 is 0.900 bits per heavy atom. The van der Waals surface area contributed by atoms with Crippen LogP contribution < -0.4 is 0 Å². The van der Waals surface area contributed by atoms with Gasteiger partial charge in [-0.2, -0.15) is 0 Å². The fourth-order valence-corrected chi connectivity index (χ4v) is 1.98. The predicted molar refractivity (Wildman–Crippen MR) is 77.3 cm³/mol. The topological polar surface area (TPSA) is 39.2 Å². The molecule has 0 saturated heterocycles. The second kappa shape index (κ2) is 5.53. The number of carbonyl (C=O) groups is 1. The summed E-state index contributed by atoms with van der Waals surface area (Å²) in [6, 6.07) is 20.8. The Kier molecular flexibility index (Phi) is 3.42. The van der Waals surface area contributed by atoms with Crippen LogP contribution >= 0.6 is 0 Å². The molecule has 0 radical (unpaired) electrons. The summed E-state index contributed by atoms with van der Waals surface area (Å²) < 4.78 is 5.26. The smallest absolute Gasteiger partial charge is 0.357 e. The first kappa shape index (κ1) is 12.4. The van der Waals surface area contributed by atoms with Crippen molar-refractivity contribution in [2.45, 2.75) is 6.61 Å². The highest BCUT2D eigenvalue weighted by atomic mass is 16.5. The average Bonchev–Trinajstić information content (AvgIpc) is 2.53. The van der Waals surface area contributed by atoms with Crippen molar-refractivity contribution in [2.24, 2.45) is 0 Å². The molecule has 98 valence electrons. The highest BCUT2D eigenvalue weighted by Gasteiger charge is 2.09. The largest absolute Gasteiger partial charge is 0.456 e. The molecule has 1 aromatic heterocycles. The van der Waals surface area contributed by atoms with Crippen molar-refractivity contribution in [3.8, 4) is 0 Å². The van der Waals surface area contributed by atoms with E-state index in [4.69, 9.17) is 4.74 Å². The molecule has 3 rings (SSSR count). The van der Waals surface area contributed by atoms with E-state index in [-0.39, 0.29) is 6.61 Å². The van der Waals surface area contributed by atoms with Crippen LogP contribution in [-0.2, 0) is 11.3 Å². The molecule has 0 spiro atoms. The minimum atomic E-state index is -0.403. The van der Waals surface area contributed by atoms with Crippen molar-refractivity contribution < 1.29 is 9.53 Å². The van der Waals surface area contributed by atoms with Gasteiger partial charge in [-0.05, 0) is 17.7 Å². The summed E-state index contributed by atoms with van der Waals surface area (Å²) in [6.45, 7) is 0.258. The van der Waals surface area contributed by atoms with Gasteiger partial charge in [-0.3, -0.25) is 0 Å². The number of esters is 1. The minimum absolute atomic E-state index is 0.258. The molecule has 0 aliphatic heterocycles. The van der Waals surface area contributed by atoms with E-state index in [0.717, 1.165) is 16.5 Å². The third-order valence-electron chi connectivity index (χ3n) is 3.02. The monoisotopic (exact) mass is 263 g/mol. The molecule has 20 heavy (non-hydrogen) atoms. The van der Waals surface area contributed by atoms with Crippen LogP contribution in [0.25, 0.3) is 10.9 Å². The van der Waals surface area contributed by atoms with Crippen molar-refractivity contribution >= 4 is 16.9 Å². The lowest BCUT2D eigenvalue weighted by Crippen LogP contribution is -2.07. The number of rotatable bonds is 3. The SMILES string of the molecule is O=C(OCc1ccccc1)c1ccc2ccccc2n1. The number of pyridine rings is 1. The van der Waals surface area contributed by atoms with Gasteiger partial charge < -0.3 is 4.74 Å². The maximum atomic E-state index is 12.0. The van der Waals surface area contributed by atoms with Gasteiger partial charge in [-0.15, -0.1) is 0 Å². The molecule has 0 aliphatic rings. The summed E-state index contributed by atoms with van der Waals surface area (Å²) in [6.07, 6.45) is 0. The fourth-order valence-electron chi connectivity index (χ4n) is 1.98. The number of aromatic nitrogens is 1. The van der Waals surface area contributed by atoms with E-state index in [0.29, 0.717) is 5.69 Å². The van der Waals surface area contributed by atoms with Gasteiger partial charge in [0.1, 0.15) is 12.3 Å². The number of hydrogen-bond acceptors (Lipinski definition) is 3. The molecule has 0 unspecified atom stereocenters. The number of benzene rings is 2. The molecule has 3 heteroatoms. The van der Waals surface area contributed by atoms with Crippen molar-refractivity contribution in [1.82, 2.24) is 4.98 Å². The van der Waals surface area contributed by atoms with Gasteiger partial charge in [0, 0.05) is 5.39 Å². The number of fused-ring (bicyclic) bond motifs is 1. The Hall–Kier alpha value is -2.68. The Morgan fingerprint density at radius 2 is 1.65 bits per heavy atom. The van der Waals surface area contributed by atoms with Crippen molar-refractivity contribution in [3.63, 3.8) is 0 Å². The van der Waals surface area contributed by atoms with Gasteiger partial charge in [-0.25, -0.2) is 9.78 Å². The Morgan fingerprint density at radius 3 is 2.50 bits per heavy atom. The van der Waals surface area contributed by atoms with Crippen LogP contribution in [0.15, 0.2) is 66.7 Å². The van der Waals surface area contributed by atoms with Gasteiger partial charge in [-0.1, -0.05) is 54.6 Å². The zero-order valence-corrected chi connectivity index (χ0v) is 10.8. The number of hydrogen-bond donors (Lipinski definition) is 0. The van der Waals surface area contributed by atoms with E-state index < -0.39 is 5.97 Å². The van der Waals surface area contributed by atoms with Gasteiger partial charge in [0.15, 0.2) is 0 Å². The number of ether oxygens (including phenoxy) is 1. The molecule has 0 bridgehead atoms. The van der Waals surface area contributed by atoms with E-state index in [9.17, 15) is 4.79 Å². The second-order valence-corrected chi connectivity index (χ2v) is 4.45.